The molecule has 1 rings (SSSR count). The molecule has 0 amide bonds. The summed E-state index contributed by atoms with van der Waals surface area (Å²) in [6.07, 6.45) is 0. The lowest BCUT2D eigenvalue weighted by Crippen LogP contribution is -2.30. The molecule has 0 saturated heterocycles. The molecular formula is C12H20N2O4S. The number of rotatable bonds is 8. The number of benzene rings is 1. The summed E-state index contributed by atoms with van der Waals surface area (Å²) in [6.45, 7) is 0.605. The normalized spacial score (nSPS) is 11.3. The average molecular weight is 288 g/mol. The minimum atomic E-state index is -3.28. The van der Waals surface area contributed by atoms with Crippen LogP contribution in [-0.2, 0) is 16.6 Å². The maximum absolute atomic E-state index is 11.7. The van der Waals surface area contributed by atoms with E-state index in [1.807, 2.05) is 0 Å². The van der Waals surface area contributed by atoms with Crippen LogP contribution in [0.5, 0.6) is 11.5 Å². The van der Waals surface area contributed by atoms with Crippen LogP contribution in [0.2, 0.25) is 0 Å². The van der Waals surface area contributed by atoms with Crippen molar-refractivity contribution in [2.75, 3.05) is 33.6 Å². The van der Waals surface area contributed by atoms with Crippen molar-refractivity contribution in [3.8, 4) is 11.5 Å². The first-order valence-corrected chi connectivity index (χ1v) is 7.50. The fourth-order valence-corrected chi connectivity index (χ4v) is 2.49. The fourth-order valence-electron chi connectivity index (χ4n) is 1.49. The van der Waals surface area contributed by atoms with Crippen LogP contribution in [0.25, 0.3) is 0 Å². The Balaban J connectivity index is 2.72. The summed E-state index contributed by atoms with van der Waals surface area (Å²) < 4.78 is 36.2. The highest BCUT2D eigenvalue weighted by molar-refractivity contribution is 7.89. The molecule has 0 spiro atoms. The van der Waals surface area contributed by atoms with Crippen molar-refractivity contribution in [2.45, 2.75) is 6.54 Å². The molecule has 7 heteroatoms. The molecule has 1 aromatic rings. The molecule has 0 radical (unpaired) electrons. The summed E-state index contributed by atoms with van der Waals surface area (Å²) in [6, 6.07) is 5.26. The van der Waals surface area contributed by atoms with Crippen LogP contribution in [0.3, 0.4) is 0 Å². The van der Waals surface area contributed by atoms with Crippen LogP contribution in [0.1, 0.15) is 5.56 Å². The summed E-state index contributed by atoms with van der Waals surface area (Å²) in [5.74, 6) is 1.30. The summed E-state index contributed by atoms with van der Waals surface area (Å²) in [5, 5.41) is 2.80. The van der Waals surface area contributed by atoms with Crippen LogP contribution in [-0.4, -0.2) is 42.0 Å². The van der Waals surface area contributed by atoms with E-state index in [1.165, 1.54) is 7.11 Å². The fraction of sp³-hybridized carbons (Fsp3) is 0.500. The van der Waals surface area contributed by atoms with E-state index < -0.39 is 10.0 Å². The molecular weight excluding hydrogens is 268 g/mol. The Morgan fingerprint density at radius 3 is 2.53 bits per heavy atom. The second-order valence-corrected chi connectivity index (χ2v) is 5.85. The van der Waals surface area contributed by atoms with Crippen molar-refractivity contribution in [3.63, 3.8) is 0 Å². The van der Waals surface area contributed by atoms with Crippen molar-refractivity contribution in [1.82, 2.24) is 10.0 Å². The molecule has 0 fully saturated rings. The van der Waals surface area contributed by atoms with Gasteiger partial charge in [-0.15, -0.1) is 0 Å². The number of nitrogens with one attached hydrogen (secondary N) is 2. The Kier molecular flexibility index (Phi) is 6.07. The van der Waals surface area contributed by atoms with Crippen LogP contribution < -0.4 is 19.5 Å². The van der Waals surface area contributed by atoms with Crippen molar-refractivity contribution in [2.24, 2.45) is 0 Å². The first-order chi connectivity index (χ1) is 9.02. The van der Waals surface area contributed by atoms with Gasteiger partial charge in [0.2, 0.25) is 10.0 Å². The summed E-state index contributed by atoms with van der Waals surface area (Å²) in [4.78, 5) is 0. The Morgan fingerprint density at radius 2 is 1.95 bits per heavy atom. The van der Waals surface area contributed by atoms with Crippen molar-refractivity contribution in [3.05, 3.63) is 23.8 Å². The van der Waals surface area contributed by atoms with Gasteiger partial charge in [0, 0.05) is 24.7 Å². The van der Waals surface area contributed by atoms with Crippen LogP contribution >= 0.6 is 0 Å². The molecule has 0 aliphatic rings. The molecule has 2 N–H and O–H groups in total. The zero-order valence-electron chi connectivity index (χ0n) is 11.4. The van der Waals surface area contributed by atoms with E-state index in [-0.39, 0.29) is 12.3 Å². The molecule has 108 valence electrons. The Hall–Kier alpha value is -1.31. The first-order valence-electron chi connectivity index (χ1n) is 5.85. The van der Waals surface area contributed by atoms with Crippen molar-refractivity contribution < 1.29 is 17.9 Å². The van der Waals surface area contributed by atoms with Gasteiger partial charge >= 0.3 is 0 Å². The number of sulfonamides is 1. The van der Waals surface area contributed by atoms with Gasteiger partial charge in [0.1, 0.15) is 11.5 Å². The Labute approximate surface area is 114 Å². The van der Waals surface area contributed by atoms with Gasteiger partial charge in [0.25, 0.3) is 0 Å². The Morgan fingerprint density at radius 1 is 1.21 bits per heavy atom. The third-order valence-electron chi connectivity index (χ3n) is 2.60. The lowest BCUT2D eigenvalue weighted by atomic mass is 10.2. The van der Waals surface area contributed by atoms with E-state index >= 15 is 0 Å². The zero-order chi connectivity index (χ0) is 14.3. The van der Waals surface area contributed by atoms with E-state index in [4.69, 9.17) is 9.47 Å². The van der Waals surface area contributed by atoms with E-state index in [1.54, 1.807) is 32.4 Å². The highest BCUT2D eigenvalue weighted by atomic mass is 32.2. The number of ether oxygens (including phenoxy) is 2. The van der Waals surface area contributed by atoms with E-state index in [0.29, 0.717) is 18.0 Å². The predicted octanol–water partition coefficient (Wildman–Crippen LogP) is 0.343. The molecule has 6 nitrogen and oxygen atoms in total. The van der Waals surface area contributed by atoms with E-state index in [2.05, 4.69) is 10.0 Å². The third kappa shape index (κ3) is 5.06. The van der Waals surface area contributed by atoms with Gasteiger partial charge in [-0.25, -0.2) is 13.1 Å². The summed E-state index contributed by atoms with van der Waals surface area (Å²) >= 11 is 0. The highest BCUT2D eigenvalue weighted by Crippen LogP contribution is 2.24. The lowest BCUT2D eigenvalue weighted by Gasteiger charge is -2.11. The molecule has 0 atom stereocenters. The first kappa shape index (κ1) is 15.7. The SMILES string of the molecule is CNCCS(=O)(=O)NCc1ccc(OC)cc1OC. The summed E-state index contributed by atoms with van der Waals surface area (Å²) in [7, 11) is 1.53. The van der Waals surface area contributed by atoms with Gasteiger partial charge in [-0.3, -0.25) is 0 Å². The van der Waals surface area contributed by atoms with Gasteiger partial charge in [-0.2, -0.15) is 0 Å². The molecule has 0 heterocycles. The van der Waals surface area contributed by atoms with Gasteiger partial charge in [-0.1, -0.05) is 6.07 Å². The third-order valence-corrected chi connectivity index (χ3v) is 3.92. The Bertz CT molecular complexity index is 502. The monoisotopic (exact) mass is 288 g/mol. The number of hydrogen-bond donors (Lipinski definition) is 2. The molecule has 0 saturated carbocycles. The second kappa shape index (κ2) is 7.32. The van der Waals surface area contributed by atoms with Crippen molar-refractivity contribution >= 4 is 10.0 Å². The molecule has 0 aliphatic heterocycles. The lowest BCUT2D eigenvalue weighted by molar-refractivity contribution is 0.390. The minimum Gasteiger partial charge on any atom is -0.497 e. The molecule has 0 unspecified atom stereocenters. The molecule has 1 aromatic carbocycles. The highest BCUT2D eigenvalue weighted by Gasteiger charge is 2.11. The standard InChI is InChI=1S/C12H20N2O4S/c1-13-6-7-19(15,16)14-9-10-4-5-11(17-2)8-12(10)18-3/h4-5,8,13-14H,6-7,9H2,1-3H3. The van der Waals surface area contributed by atoms with Gasteiger partial charge in [0.05, 0.1) is 20.0 Å². The largest absolute Gasteiger partial charge is 0.497 e. The second-order valence-electron chi connectivity index (χ2n) is 3.92. The van der Waals surface area contributed by atoms with E-state index in [0.717, 1.165) is 5.56 Å². The van der Waals surface area contributed by atoms with Gasteiger partial charge in [0.15, 0.2) is 0 Å². The minimum absolute atomic E-state index is 0.0436. The summed E-state index contributed by atoms with van der Waals surface area (Å²) in [5.41, 5.74) is 0.760. The number of hydrogen-bond acceptors (Lipinski definition) is 5. The predicted molar refractivity (Wildman–Crippen MR) is 74.1 cm³/mol. The topological polar surface area (TPSA) is 76.7 Å². The van der Waals surface area contributed by atoms with Crippen LogP contribution in [0, 0.1) is 0 Å². The molecule has 0 aliphatic carbocycles. The van der Waals surface area contributed by atoms with Crippen LogP contribution in [0.4, 0.5) is 0 Å². The maximum atomic E-state index is 11.7. The quantitative estimate of drug-likeness (QED) is 0.721. The molecule has 0 aromatic heterocycles. The van der Waals surface area contributed by atoms with Gasteiger partial charge in [-0.05, 0) is 13.1 Å². The van der Waals surface area contributed by atoms with Gasteiger partial charge < -0.3 is 14.8 Å². The zero-order valence-corrected chi connectivity index (χ0v) is 12.2. The van der Waals surface area contributed by atoms with E-state index in [9.17, 15) is 8.42 Å². The van der Waals surface area contributed by atoms with Crippen molar-refractivity contribution in [1.29, 1.82) is 0 Å². The average Bonchev–Trinajstić information content (AvgIpc) is 2.42. The molecule has 0 bridgehead atoms. The smallest absolute Gasteiger partial charge is 0.213 e. The molecule has 19 heavy (non-hydrogen) atoms. The van der Waals surface area contributed by atoms with Crippen LogP contribution in [0.15, 0.2) is 18.2 Å². The number of methoxy groups -OCH3 is 2. The maximum Gasteiger partial charge on any atom is 0.213 e.